The van der Waals surface area contributed by atoms with Crippen LogP contribution in [0.2, 0.25) is 0 Å². The summed E-state index contributed by atoms with van der Waals surface area (Å²) in [4.78, 5) is 7.39. The van der Waals surface area contributed by atoms with Crippen LogP contribution in [0.5, 0.6) is 0 Å². The molecule has 0 spiro atoms. The first-order valence-electron chi connectivity index (χ1n) is 9.38. The fraction of sp³-hybridized carbons (Fsp3) is 0.286. The Hall–Kier alpha value is -2.47. The second-order valence-corrected chi connectivity index (χ2v) is 7.49. The van der Waals surface area contributed by atoms with Gasteiger partial charge in [-0.3, -0.25) is 0 Å². The molecule has 2 heterocycles. The number of fused-ring (bicyclic) bond motifs is 3. The minimum Gasteiger partial charge on any atom is -0.356 e. The van der Waals surface area contributed by atoms with Crippen LogP contribution < -0.4 is 4.90 Å². The molecule has 5 nitrogen and oxygen atoms in total. The summed E-state index contributed by atoms with van der Waals surface area (Å²) >= 11 is 3.55. The Morgan fingerprint density at radius 2 is 1.93 bits per heavy atom. The zero-order valence-electron chi connectivity index (χ0n) is 15.6. The lowest BCUT2D eigenvalue weighted by Crippen LogP contribution is -2.25. The van der Waals surface area contributed by atoms with E-state index in [0.29, 0.717) is 0 Å². The van der Waals surface area contributed by atoms with Gasteiger partial charge >= 0.3 is 0 Å². The number of nitrogens with zero attached hydrogens (tertiary/aromatic N) is 5. The number of hydrogen-bond acceptors (Lipinski definition) is 4. The van der Waals surface area contributed by atoms with E-state index < -0.39 is 0 Å². The van der Waals surface area contributed by atoms with Crippen molar-refractivity contribution in [1.29, 1.82) is 0 Å². The first-order chi connectivity index (χ1) is 13.2. The van der Waals surface area contributed by atoms with Crippen molar-refractivity contribution < 1.29 is 0 Å². The van der Waals surface area contributed by atoms with E-state index >= 15 is 0 Å². The zero-order chi connectivity index (χ0) is 18.8. The van der Waals surface area contributed by atoms with E-state index in [-0.39, 0.29) is 0 Å². The van der Waals surface area contributed by atoms with Crippen molar-refractivity contribution >= 4 is 38.3 Å². The summed E-state index contributed by atoms with van der Waals surface area (Å²) in [6.45, 7) is 6.31. The molecule has 0 aliphatic heterocycles. The number of unbranched alkanes of at least 4 members (excludes halogenated alkanes) is 1. The molecule has 0 aliphatic rings. The maximum atomic E-state index is 5.04. The zero-order valence-corrected chi connectivity index (χ0v) is 17.1. The van der Waals surface area contributed by atoms with Gasteiger partial charge in [0.15, 0.2) is 5.65 Å². The number of rotatable bonds is 6. The number of benzene rings is 2. The average molecular weight is 424 g/mol. The van der Waals surface area contributed by atoms with Gasteiger partial charge in [0.25, 0.3) is 0 Å². The van der Waals surface area contributed by atoms with Crippen LogP contribution in [0.4, 0.5) is 5.82 Å². The second-order valence-electron chi connectivity index (χ2n) is 6.57. The monoisotopic (exact) mass is 423 g/mol. The molecule has 0 fully saturated rings. The Morgan fingerprint density at radius 3 is 2.70 bits per heavy atom. The molecule has 0 saturated carbocycles. The highest BCUT2D eigenvalue weighted by molar-refractivity contribution is 9.10. The van der Waals surface area contributed by atoms with Crippen LogP contribution in [-0.2, 0) is 0 Å². The largest absolute Gasteiger partial charge is 0.356 e. The van der Waals surface area contributed by atoms with Gasteiger partial charge in [-0.25, -0.2) is 4.98 Å². The minimum atomic E-state index is 0.789. The van der Waals surface area contributed by atoms with Crippen LogP contribution in [0.1, 0.15) is 26.7 Å². The van der Waals surface area contributed by atoms with E-state index in [0.717, 1.165) is 64.0 Å². The summed E-state index contributed by atoms with van der Waals surface area (Å²) in [6, 6.07) is 16.4. The Kier molecular flexibility index (Phi) is 5.07. The first kappa shape index (κ1) is 17.9. The summed E-state index contributed by atoms with van der Waals surface area (Å²) in [5, 5.41) is 9.97. The highest BCUT2D eigenvalue weighted by Crippen LogP contribution is 2.30. The van der Waals surface area contributed by atoms with Crippen LogP contribution in [0.15, 0.2) is 53.0 Å². The van der Waals surface area contributed by atoms with Gasteiger partial charge in [0.2, 0.25) is 0 Å². The predicted molar refractivity (Wildman–Crippen MR) is 114 cm³/mol. The molecule has 4 rings (SSSR count). The molecule has 0 amide bonds. The Morgan fingerprint density at radius 1 is 1.07 bits per heavy atom. The Labute approximate surface area is 167 Å². The molecular weight excluding hydrogens is 402 g/mol. The van der Waals surface area contributed by atoms with Gasteiger partial charge in [0.1, 0.15) is 11.5 Å². The van der Waals surface area contributed by atoms with E-state index in [4.69, 9.17) is 4.98 Å². The lowest BCUT2D eigenvalue weighted by Gasteiger charge is -2.23. The molecule has 6 heteroatoms. The first-order valence-corrected chi connectivity index (χ1v) is 10.2. The molecule has 0 radical (unpaired) electrons. The van der Waals surface area contributed by atoms with Crippen molar-refractivity contribution in [2.45, 2.75) is 26.7 Å². The molecule has 0 saturated heterocycles. The summed E-state index contributed by atoms with van der Waals surface area (Å²) in [6.07, 6.45) is 2.30. The van der Waals surface area contributed by atoms with Crippen LogP contribution in [0, 0.1) is 0 Å². The van der Waals surface area contributed by atoms with E-state index in [1.807, 2.05) is 28.8 Å². The summed E-state index contributed by atoms with van der Waals surface area (Å²) < 4.78 is 2.86. The molecule has 2 aromatic carbocycles. The van der Waals surface area contributed by atoms with Gasteiger partial charge < -0.3 is 4.90 Å². The fourth-order valence-corrected chi connectivity index (χ4v) is 3.77. The van der Waals surface area contributed by atoms with Crippen molar-refractivity contribution in [2.24, 2.45) is 0 Å². The van der Waals surface area contributed by atoms with Gasteiger partial charge in [-0.15, -0.1) is 5.10 Å². The molecule has 138 valence electrons. The summed E-state index contributed by atoms with van der Waals surface area (Å²) in [5.74, 6) is 1.01. The van der Waals surface area contributed by atoms with Crippen LogP contribution >= 0.6 is 15.9 Å². The standard InChI is InChI=1S/C21H22BrN5/c1-3-5-13-26(4-2)20-17-11-6-7-12-18(17)27-21(23-20)19(24-25-27)15-9-8-10-16(22)14-15/h6-12,14H,3-5,13H2,1-2H3. The lowest BCUT2D eigenvalue weighted by molar-refractivity contribution is 0.726. The Bertz CT molecular complexity index is 1090. The molecule has 2 aromatic heterocycles. The molecular formula is C21H22BrN5. The SMILES string of the molecule is CCCCN(CC)c1nc2c(-c3cccc(Br)c3)nnn2c2ccccc12. The molecule has 0 unspecified atom stereocenters. The average Bonchev–Trinajstić information content (AvgIpc) is 3.13. The summed E-state index contributed by atoms with van der Waals surface area (Å²) in [5.41, 5.74) is 3.62. The number of aromatic nitrogens is 4. The fourth-order valence-electron chi connectivity index (χ4n) is 3.37. The van der Waals surface area contributed by atoms with Gasteiger partial charge in [0.05, 0.1) is 5.52 Å². The maximum Gasteiger partial charge on any atom is 0.186 e. The summed E-state index contributed by atoms with van der Waals surface area (Å²) in [7, 11) is 0. The van der Waals surface area contributed by atoms with E-state index in [1.54, 1.807) is 0 Å². The normalized spacial score (nSPS) is 11.4. The van der Waals surface area contributed by atoms with Crippen molar-refractivity contribution in [3.05, 3.63) is 53.0 Å². The molecule has 0 atom stereocenters. The number of halogens is 1. The van der Waals surface area contributed by atoms with Gasteiger partial charge in [-0.2, -0.15) is 4.52 Å². The molecule has 0 aliphatic carbocycles. The molecule has 0 bridgehead atoms. The van der Waals surface area contributed by atoms with Gasteiger partial charge in [-0.05, 0) is 37.6 Å². The third kappa shape index (κ3) is 3.30. The number of para-hydroxylation sites is 1. The van der Waals surface area contributed by atoms with Crippen LogP contribution in [-0.4, -0.2) is 32.9 Å². The van der Waals surface area contributed by atoms with Gasteiger partial charge in [-0.1, -0.05) is 58.8 Å². The van der Waals surface area contributed by atoms with E-state index in [2.05, 4.69) is 69.3 Å². The lowest BCUT2D eigenvalue weighted by atomic mass is 10.1. The number of hydrogen-bond donors (Lipinski definition) is 0. The van der Waals surface area contributed by atoms with Crippen molar-refractivity contribution in [2.75, 3.05) is 18.0 Å². The molecule has 4 aromatic rings. The smallest absolute Gasteiger partial charge is 0.186 e. The molecule has 27 heavy (non-hydrogen) atoms. The van der Waals surface area contributed by atoms with E-state index in [1.165, 1.54) is 0 Å². The third-order valence-corrected chi connectivity index (χ3v) is 5.29. The topological polar surface area (TPSA) is 46.3 Å². The van der Waals surface area contributed by atoms with E-state index in [9.17, 15) is 0 Å². The van der Waals surface area contributed by atoms with Crippen LogP contribution in [0.25, 0.3) is 27.8 Å². The predicted octanol–water partition coefficient (Wildman–Crippen LogP) is 5.33. The Balaban J connectivity index is 1.97. The molecule has 0 N–H and O–H groups in total. The highest BCUT2D eigenvalue weighted by Gasteiger charge is 2.18. The second kappa shape index (κ2) is 7.64. The van der Waals surface area contributed by atoms with Crippen molar-refractivity contribution in [1.82, 2.24) is 19.8 Å². The third-order valence-electron chi connectivity index (χ3n) is 4.79. The minimum absolute atomic E-state index is 0.789. The van der Waals surface area contributed by atoms with Crippen molar-refractivity contribution in [3.63, 3.8) is 0 Å². The van der Waals surface area contributed by atoms with Crippen LogP contribution in [0.3, 0.4) is 0 Å². The van der Waals surface area contributed by atoms with Gasteiger partial charge in [0, 0.05) is 28.5 Å². The maximum absolute atomic E-state index is 5.04. The highest BCUT2D eigenvalue weighted by atomic mass is 79.9. The number of anilines is 1. The quantitative estimate of drug-likeness (QED) is 0.420. The van der Waals surface area contributed by atoms with Crippen molar-refractivity contribution in [3.8, 4) is 11.3 Å².